The maximum Gasteiger partial charge on any atom is 0.313 e. The number of aliphatic hydroxyl groups excluding tert-OH is 1. The molecule has 3 N–H and O–H groups in total. The minimum absolute atomic E-state index is 0.0253. The summed E-state index contributed by atoms with van der Waals surface area (Å²) in [6, 6.07) is 9.85. The molecule has 0 saturated heterocycles. The average molecular weight is 330 g/mol. The van der Waals surface area contributed by atoms with Crippen molar-refractivity contribution < 1.29 is 14.7 Å². The third kappa shape index (κ3) is 4.42. The zero-order valence-electron chi connectivity index (χ0n) is 14.0. The normalized spacial score (nSPS) is 11.8. The van der Waals surface area contributed by atoms with Crippen LogP contribution < -0.4 is 10.6 Å². The Balaban J connectivity index is 2.08. The van der Waals surface area contributed by atoms with Gasteiger partial charge in [-0.1, -0.05) is 30.3 Å². The van der Waals surface area contributed by atoms with Crippen LogP contribution in [0, 0.1) is 13.8 Å². The lowest BCUT2D eigenvalue weighted by Crippen LogP contribution is -2.39. The standard InChI is InChI=1S/C17H22N4O3/c1-11(22)9-18-16(23)17(24)19-15-12(2)20-21(13(15)3)10-14-7-5-4-6-8-14/h4-8,11,22H,9-10H2,1-3H3,(H,18,23)(H,19,24). The zero-order chi connectivity index (χ0) is 17.7. The van der Waals surface area contributed by atoms with Gasteiger partial charge in [0.1, 0.15) is 0 Å². The highest BCUT2D eigenvalue weighted by Crippen LogP contribution is 2.20. The van der Waals surface area contributed by atoms with Gasteiger partial charge in [0.2, 0.25) is 0 Å². The number of anilines is 1. The first-order chi connectivity index (χ1) is 11.4. The lowest BCUT2D eigenvalue weighted by atomic mass is 10.2. The molecule has 0 spiro atoms. The van der Waals surface area contributed by atoms with E-state index in [1.54, 1.807) is 11.6 Å². The SMILES string of the molecule is Cc1nn(Cc2ccccc2)c(C)c1NC(=O)C(=O)NCC(C)O. The molecule has 0 fully saturated rings. The second kappa shape index (κ2) is 7.74. The predicted octanol–water partition coefficient (Wildman–Crippen LogP) is 0.984. The number of aryl methyl sites for hydroxylation is 1. The maximum absolute atomic E-state index is 12.0. The van der Waals surface area contributed by atoms with Crippen molar-refractivity contribution in [3.05, 3.63) is 47.3 Å². The number of carbonyl (C=O) groups is 2. The highest BCUT2D eigenvalue weighted by atomic mass is 16.3. The summed E-state index contributed by atoms with van der Waals surface area (Å²) < 4.78 is 1.79. The minimum Gasteiger partial charge on any atom is -0.392 e. The van der Waals surface area contributed by atoms with Gasteiger partial charge in [-0.15, -0.1) is 0 Å². The average Bonchev–Trinajstić information content (AvgIpc) is 2.81. The van der Waals surface area contributed by atoms with Crippen molar-refractivity contribution in [1.82, 2.24) is 15.1 Å². The van der Waals surface area contributed by atoms with Gasteiger partial charge >= 0.3 is 11.8 Å². The second-order valence-corrected chi connectivity index (χ2v) is 5.70. The number of benzene rings is 1. The Bertz CT molecular complexity index is 723. The largest absolute Gasteiger partial charge is 0.392 e. The van der Waals surface area contributed by atoms with Crippen LogP contribution in [0.3, 0.4) is 0 Å². The van der Waals surface area contributed by atoms with Gasteiger partial charge in [0, 0.05) is 6.54 Å². The van der Waals surface area contributed by atoms with E-state index in [2.05, 4.69) is 15.7 Å². The fourth-order valence-electron chi connectivity index (χ4n) is 2.28. The molecule has 1 heterocycles. The number of hydrogen-bond acceptors (Lipinski definition) is 4. The quantitative estimate of drug-likeness (QED) is 0.712. The molecular weight excluding hydrogens is 308 g/mol. The molecule has 1 unspecified atom stereocenters. The Morgan fingerprint density at radius 3 is 2.50 bits per heavy atom. The van der Waals surface area contributed by atoms with Crippen LogP contribution in [0.25, 0.3) is 0 Å². The first-order valence-corrected chi connectivity index (χ1v) is 7.73. The number of nitrogens with zero attached hydrogens (tertiary/aromatic N) is 2. The van der Waals surface area contributed by atoms with Gasteiger partial charge < -0.3 is 15.7 Å². The van der Waals surface area contributed by atoms with Crippen molar-refractivity contribution in [3.63, 3.8) is 0 Å². The first-order valence-electron chi connectivity index (χ1n) is 7.73. The fourth-order valence-corrected chi connectivity index (χ4v) is 2.28. The van der Waals surface area contributed by atoms with Crippen LogP contribution in [0.2, 0.25) is 0 Å². The van der Waals surface area contributed by atoms with E-state index in [1.807, 2.05) is 37.3 Å². The van der Waals surface area contributed by atoms with E-state index in [0.717, 1.165) is 11.3 Å². The van der Waals surface area contributed by atoms with E-state index in [4.69, 9.17) is 5.11 Å². The Hall–Kier alpha value is -2.67. The van der Waals surface area contributed by atoms with Gasteiger partial charge in [-0.3, -0.25) is 14.3 Å². The molecule has 128 valence electrons. The Kier molecular flexibility index (Phi) is 5.70. The van der Waals surface area contributed by atoms with Gasteiger partial charge in [0.15, 0.2) is 0 Å². The molecule has 7 heteroatoms. The van der Waals surface area contributed by atoms with Crippen LogP contribution >= 0.6 is 0 Å². The van der Waals surface area contributed by atoms with Crippen LogP contribution in [0.4, 0.5) is 5.69 Å². The molecular formula is C17H22N4O3. The molecule has 0 aliphatic carbocycles. The van der Waals surface area contributed by atoms with Crippen LogP contribution in [-0.2, 0) is 16.1 Å². The summed E-state index contributed by atoms with van der Waals surface area (Å²) in [6.45, 7) is 5.75. The number of rotatable bonds is 5. The van der Waals surface area contributed by atoms with E-state index in [0.29, 0.717) is 17.9 Å². The summed E-state index contributed by atoms with van der Waals surface area (Å²) in [5, 5.41) is 18.5. The van der Waals surface area contributed by atoms with Gasteiger partial charge in [0.05, 0.1) is 29.7 Å². The van der Waals surface area contributed by atoms with E-state index in [-0.39, 0.29) is 6.54 Å². The van der Waals surface area contributed by atoms with Gasteiger partial charge in [0.25, 0.3) is 0 Å². The van der Waals surface area contributed by atoms with Gasteiger partial charge in [-0.25, -0.2) is 0 Å². The lowest BCUT2D eigenvalue weighted by molar-refractivity contribution is -0.136. The third-order valence-corrected chi connectivity index (χ3v) is 3.56. The minimum atomic E-state index is -0.787. The second-order valence-electron chi connectivity index (χ2n) is 5.70. The Labute approximate surface area is 140 Å². The highest BCUT2D eigenvalue weighted by molar-refractivity contribution is 6.39. The molecule has 1 atom stereocenters. The molecule has 2 rings (SSSR count). The van der Waals surface area contributed by atoms with Crippen LogP contribution in [0.15, 0.2) is 30.3 Å². The number of amides is 2. The summed E-state index contributed by atoms with van der Waals surface area (Å²) >= 11 is 0. The molecule has 2 aromatic rings. The molecule has 0 aliphatic heterocycles. The Morgan fingerprint density at radius 2 is 1.88 bits per heavy atom. The highest BCUT2D eigenvalue weighted by Gasteiger charge is 2.19. The number of nitrogens with one attached hydrogen (secondary N) is 2. The van der Waals surface area contributed by atoms with Crippen LogP contribution in [0.1, 0.15) is 23.9 Å². The summed E-state index contributed by atoms with van der Waals surface area (Å²) in [5.74, 6) is -1.56. The van der Waals surface area contributed by atoms with Crippen molar-refractivity contribution >= 4 is 17.5 Å². The number of aromatic nitrogens is 2. The third-order valence-electron chi connectivity index (χ3n) is 3.56. The van der Waals surface area contributed by atoms with E-state index < -0.39 is 17.9 Å². The molecule has 24 heavy (non-hydrogen) atoms. The monoisotopic (exact) mass is 330 g/mol. The molecule has 0 bridgehead atoms. The maximum atomic E-state index is 12.0. The number of hydrogen-bond donors (Lipinski definition) is 3. The fraction of sp³-hybridized carbons (Fsp3) is 0.353. The van der Waals surface area contributed by atoms with Crippen molar-refractivity contribution in [2.75, 3.05) is 11.9 Å². The van der Waals surface area contributed by atoms with Crippen molar-refractivity contribution in [2.45, 2.75) is 33.4 Å². The smallest absolute Gasteiger partial charge is 0.313 e. The van der Waals surface area contributed by atoms with E-state index in [1.165, 1.54) is 6.92 Å². The molecule has 2 amide bonds. The van der Waals surface area contributed by atoms with Crippen molar-refractivity contribution in [1.29, 1.82) is 0 Å². The summed E-state index contributed by atoms with van der Waals surface area (Å²) in [7, 11) is 0. The molecule has 0 radical (unpaired) electrons. The summed E-state index contributed by atoms with van der Waals surface area (Å²) in [6.07, 6.45) is -0.709. The van der Waals surface area contributed by atoms with Crippen molar-refractivity contribution in [3.8, 4) is 0 Å². The summed E-state index contributed by atoms with van der Waals surface area (Å²) in [5.41, 5.74) is 3.03. The van der Waals surface area contributed by atoms with E-state index in [9.17, 15) is 9.59 Å². The molecule has 7 nitrogen and oxygen atoms in total. The van der Waals surface area contributed by atoms with Gasteiger partial charge in [-0.05, 0) is 26.3 Å². The zero-order valence-corrected chi connectivity index (χ0v) is 14.0. The summed E-state index contributed by atoms with van der Waals surface area (Å²) in [4.78, 5) is 23.7. The molecule has 1 aromatic heterocycles. The topological polar surface area (TPSA) is 96.2 Å². The van der Waals surface area contributed by atoms with Crippen LogP contribution in [-0.4, -0.2) is 39.4 Å². The van der Waals surface area contributed by atoms with Crippen molar-refractivity contribution in [2.24, 2.45) is 0 Å². The first kappa shape index (κ1) is 17.7. The molecule has 0 aliphatic rings. The van der Waals surface area contributed by atoms with Crippen LogP contribution in [0.5, 0.6) is 0 Å². The predicted molar refractivity (Wildman–Crippen MR) is 90.6 cm³/mol. The lowest BCUT2D eigenvalue weighted by Gasteiger charge is -2.09. The molecule has 0 saturated carbocycles. The molecule has 1 aromatic carbocycles. The van der Waals surface area contributed by atoms with Gasteiger partial charge in [-0.2, -0.15) is 5.10 Å². The Morgan fingerprint density at radius 1 is 1.21 bits per heavy atom. The number of carbonyl (C=O) groups excluding carboxylic acids is 2. The number of aliphatic hydroxyl groups is 1. The van der Waals surface area contributed by atoms with E-state index >= 15 is 0 Å².